The summed E-state index contributed by atoms with van der Waals surface area (Å²) in [5, 5.41) is 19.6. The molecule has 4 atom stereocenters. The van der Waals surface area contributed by atoms with Gasteiger partial charge in [-0.3, -0.25) is 24.1 Å². The van der Waals surface area contributed by atoms with Crippen molar-refractivity contribution in [1.82, 2.24) is 10.2 Å². The molecule has 216 valence electrons. The molecule has 1 aliphatic rings. The Kier molecular flexibility index (Phi) is 8.57. The molecule has 0 aliphatic carbocycles. The largest absolute Gasteiger partial charge is 0.481 e. The number of sulfonamides is 1. The zero-order valence-electron chi connectivity index (χ0n) is 22.6. The highest BCUT2D eigenvalue weighted by Crippen LogP contribution is 2.34. The van der Waals surface area contributed by atoms with E-state index in [0.717, 1.165) is 15.7 Å². The van der Waals surface area contributed by atoms with E-state index in [1.165, 1.54) is 31.2 Å². The normalized spacial score (nSPS) is 16.2. The molecule has 1 aliphatic heterocycles. The number of carbonyl (C=O) groups is 4. The number of primary sulfonamides is 1. The van der Waals surface area contributed by atoms with Crippen molar-refractivity contribution in [2.24, 2.45) is 28.6 Å². The summed E-state index contributed by atoms with van der Waals surface area (Å²) in [6.07, 6.45) is -0.589. The zero-order chi connectivity index (χ0) is 30.1. The summed E-state index contributed by atoms with van der Waals surface area (Å²) in [5.74, 6) is -6.33. The number of carbonyl (C=O) groups excluding carboxylic acids is 3. The van der Waals surface area contributed by atoms with Gasteiger partial charge in [0.1, 0.15) is 0 Å². The van der Waals surface area contributed by atoms with E-state index < -0.39 is 57.6 Å². The first-order chi connectivity index (χ1) is 19.3. The molecular formula is C29H32N4O7S. The van der Waals surface area contributed by atoms with Crippen LogP contribution in [-0.2, 0) is 26.2 Å². The lowest BCUT2D eigenvalue weighted by Crippen LogP contribution is -2.54. The summed E-state index contributed by atoms with van der Waals surface area (Å²) < 4.78 is 23.0. The van der Waals surface area contributed by atoms with Gasteiger partial charge in [-0.25, -0.2) is 13.6 Å². The van der Waals surface area contributed by atoms with Crippen molar-refractivity contribution >= 4 is 44.5 Å². The van der Waals surface area contributed by atoms with Crippen molar-refractivity contribution in [1.29, 1.82) is 0 Å². The molecule has 3 aromatic carbocycles. The number of carboxylic acid groups (broad SMARTS) is 1. The highest BCUT2D eigenvalue weighted by atomic mass is 32.2. The van der Waals surface area contributed by atoms with Gasteiger partial charge in [0.2, 0.25) is 15.9 Å². The van der Waals surface area contributed by atoms with E-state index in [1.54, 1.807) is 12.1 Å². The summed E-state index contributed by atoms with van der Waals surface area (Å²) in [5.41, 5.74) is 7.39. The molecule has 0 radical (unpaired) electrons. The fraction of sp³-hybridized carbons (Fsp3) is 0.310. The van der Waals surface area contributed by atoms with Crippen molar-refractivity contribution < 1.29 is 32.7 Å². The molecule has 0 saturated heterocycles. The predicted octanol–water partition coefficient (Wildman–Crippen LogP) is 2.44. The topological polar surface area (TPSA) is 190 Å². The second-order valence-corrected chi connectivity index (χ2v) is 11.8. The molecule has 6 N–H and O–H groups in total. The van der Waals surface area contributed by atoms with Crippen molar-refractivity contribution in [3.8, 4) is 0 Å². The van der Waals surface area contributed by atoms with E-state index in [-0.39, 0.29) is 29.0 Å². The number of amides is 3. The summed E-state index contributed by atoms with van der Waals surface area (Å²) in [4.78, 5) is 53.3. The van der Waals surface area contributed by atoms with Crippen LogP contribution in [0.25, 0.3) is 10.8 Å². The van der Waals surface area contributed by atoms with Crippen LogP contribution in [0.1, 0.15) is 53.0 Å². The Morgan fingerprint density at radius 2 is 1.51 bits per heavy atom. The monoisotopic (exact) mass is 580 g/mol. The number of carboxylic acids is 1. The number of rotatable bonds is 11. The lowest BCUT2D eigenvalue weighted by Gasteiger charge is -2.34. The van der Waals surface area contributed by atoms with Crippen LogP contribution in [0.15, 0.2) is 65.6 Å². The summed E-state index contributed by atoms with van der Waals surface area (Å²) >= 11 is 0. The van der Waals surface area contributed by atoms with Crippen LogP contribution in [0.2, 0.25) is 0 Å². The van der Waals surface area contributed by atoms with E-state index >= 15 is 0 Å². The highest BCUT2D eigenvalue weighted by Gasteiger charge is 2.46. The van der Waals surface area contributed by atoms with Crippen LogP contribution < -0.4 is 16.2 Å². The fourth-order valence-electron chi connectivity index (χ4n) is 5.33. The van der Waals surface area contributed by atoms with Crippen molar-refractivity contribution in [3.63, 3.8) is 0 Å². The first kappa shape index (κ1) is 29.8. The molecule has 1 heterocycles. The lowest BCUT2D eigenvalue weighted by molar-refractivity contribution is -0.151. The Balaban J connectivity index is 1.54. The molecule has 0 aromatic heterocycles. The number of aliphatic carboxylic acids is 1. The number of hydrogen-bond donors (Lipinski definition) is 4. The quantitative estimate of drug-likeness (QED) is 0.249. The van der Waals surface area contributed by atoms with Gasteiger partial charge in [0.15, 0.2) is 0 Å². The Bertz CT molecular complexity index is 1570. The fourth-order valence-corrected chi connectivity index (χ4v) is 5.85. The molecule has 41 heavy (non-hydrogen) atoms. The lowest BCUT2D eigenvalue weighted by atomic mass is 9.77. The van der Waals surface area contributed by atoms with Crippen LogP contribution in [0, 0.1) is 17.8 Å². The number of hydrogen-bond acceptors (Lipinski definition) is 7. The van der Waals surface area contributed by atoms with Gasteiger partial charge in [0.05, 0.1) is 34.0 Å². The summed E-state index contributed by atoms with van der Waals surface area (Å²) in [6.45, 7) is 3.35. The maximum Gasteiger partial charge on any atom is 0.307 e. The maximum absolute atomic E-state index is 13.3. The van der Waals surface area contributed by atoms with Crippen molar-refractivity contribution in [2.75, 3.05) is 0 Å². The average molecular weight is 581 g/mol. The number of nitrogens with zero attached hydrogens (tertiary/aromatic N) is 1. The molecule has 3 amide bonds. The van der Waals surface area contributed by atoms with Crippen LogP contribution in [0.3, 0.4) is 0 Å². The first-order valence-electron chi connectivity index (χ1n) is 13.1. The third kappa shape index (κ3) is 5.99. The smallest absolute Gasteiger partial charge is 0.307 e. The molecular weight excluding hydrogens is 548 g/mol. The Morgan fingerprint density at radius 1 is 0.976 bits per heavy atom. The molecule has 12 heteroatoms. The molecule has 2 unspecified atom stereocenters. The first-order valence-corrected chi connectivity index (χ1v) is 14.7. The number of nitrogens with two attached hydrogens (primary N) is 2. The molecule has 4 rings (SSSR count). The number of benzene rings is 3. The third-order valence-electron chi connectivity index (χ3n) is 7.56. The van der Waals surface area contributed by atoms with Crippen molar-refractivity contribution in [2.45, 2.75) is 44.3 Å². The molecule has 0 spiro atoms. The van der Waals surface area contributed by atoms with Crippen LogP contribution >= 0.6 is 0 Å². The van der Waals surface area contributed by atoms with Gasteiger partial charge in [0, 0.05) is 12.5 Å². The maximum atomic E-state index is 13.3. The van der Waals surface area contributed by atoms with Crippen LogP contribution in [0.5, 0.6) is 0 Å². The minimum atomic E-state index is -3.87. The second kappa shape index (κ2) is 11.8. The number of fused-ring (bicyclic) bond motifs is 2. The van der Waals surface area contributed by atoms with E-state index in [2.05, 4.69) is 5.32 Å². The minimum Gasteiger partial charge on any atom is -0.481 e. The summed E-state index contributed by atoms with van der Waals surface area (Å²) in [6, 6.07) is 16.1. The highest BCUT2D eigenvalue weighted by molar-refractivity contribution is 7.89. The van der Waals surface area contributed by atoms with Crippen LogP contribution in [0.4, 0.5) is 0 Å². The predicted molar refractivity (Wildman–Crippen MR) is 151 cm³/mol. The zero-order valence-corrected chi connectivity index (χ0v) is 23.4. The standard InChI is InChI=1S/C29H32N4O7S/c1-3-6-21(26(34)32-15-17-9-11-20(12-10-17)41(31,39)40)24(29(37)38)16(2)25(30)33-27(35)22-13-18-7-4-5-8-19(18)14-23(22)28(33)36/h4-5,7-14,16,21,24-25H,3,6,15,30H2,1-2H3,(H,32,34)(H,37,38)(H2,31,39,40)/t16?,21-,24+,25?/m0/s1. The van der Waals surface area contributed by atoms with Gasteiger partial charge >= 0.3 is 5.97 Å². The SMILES string of the molecule is CCC[C@H](C(=O)NCc1ccc(S(N)(=O)=O)cc1)[C@H](C(=O)O)C(C)C(N)N1C(=O)c2cc3ccccc3cc2C1=O. The van der Waals surface area contributed by atoms with Gasteiger partial charge in [-0.05, 0) is 47.0 Å². The Labute approximate surface area is 237 Å². The summed E-state index contributed by atoms with van der Waals surface area (Å²) in [7, 11) is -3.87. The Hall–Kier alpha value is -4.13. The van der Waals surface area contributed by atoms with Gasteiger partial charge in [-0.15, -0.1) is 0 Å². The molecule has 0 saturated carbocycles. The molecule has 0 bridgehead atoms. The molecule has 3 aromatic rings. The van der Waals surface area contributed by atoms with E-state index in [1.807, 2.05) is 31.2 Å². The number of imide groups is 1. The number of nitrogens with one attached hydrogen (secondary N) is 1. The van der Waals surface area contributed by atoms with Gasteiger partial charge in [-0.1, -0.05) is 56.7 Å². The average Bonchev–Trinajstić information content (AvgIpc) is 3.17. The van der Waals surface area contributed by atoms with Crippen LogP contribution in [-0.4, -0.2) is 48.3 Å². The Morgan fingerprint density at radius 3 is 1.98 bits per heavy atom. The van der Waals surface area contributed by atoms with E-state index in [9.17, 15) is 32.7 Å². The second-order valence-electron chi connectivity index (χ2n) is 10.2. The van der Waals surface area contributed by atoms with Crippen molar-refractivity contribution in [3.05, 3.63) is 77.4 Å². The van der Waals surface area contributed by atoms with E-state index in [4.69, 9.17) is 10.9 Å². The molecule has 0 fully saturated rings. The molecule has 11 nitrogen and oxygen atoms in total. The van der Waals surface area contributed by atoms with Gasteiger partial charge < -0.3 is 16.2 Å². The van der Waals surface area contributed by atoms with Gasteiger partial charge in [0.25, 0.3) is 11.8 Å². The third-order valence-corrected chi connectivity index (χ3v) is 8.49. The van der Waals surface area contributed by atoms with Gasteiger partial charge in [-0.2, -0.15) is 0 Å². The van der Waals surface area contributed by atoms with E-state index in [0.29, 0.717) is 12.0 Å². The minimum absolute atomic E-state index is 0.0166.